The summed E-state index contributed by atoms with van der Waals surface area (Å²) in [7, 11) is 1.56. The fourth-order valence-corrected chi connectivity index (χ4v) is 2.89. The van der Waals surface area contributed by atoms with Gasteiger partial charge in [-0.05, 0) is 35.9 Å². The maximum atomic E-state index is 11.6. The molecule has 0 atom stereocenters. The minimum absolute atomic E-state index is 0.160. The van der Waals surface area contributed by atoms with E-state index in [0.717, 1.165) is 5.56 Å². The third-order valence-corrected chi connectivity index (χ3v) is 4.09. The van der Waals surface area contributed by atoms with Crippen LogP contribution < -0.4 is 14.2 Å². The van der Waals surface area contributed by atoms with Crippen LogP contribution in [-0.4, -0.2) is 30.0 Å². The monoisotopic (exact) mass is 349 g/mol. The zero-order valence-electron chi connectivity index (χ0n) is 13.9. The maximum Gasteiger partial charge on any atom is 0.336 e. The van der Waals surface area contributed by atoms with E-state index in [0.29, 0.717) is 33.8 Å². The van der Waals surface area contributed by atoms with Crippen LogP contribution in [0.1, 0.15) is 21.6 Å². The number of rotatable bonds is 4. The zero-order chi connectivity index (χ0) is 18.1. The minimum atomic E-state index is -0.983. The number of benzene rings is 2. The van der Waals surface area contributed by atoms with Gasteiger partial charge in [-0.15, -0.1) is 0 Å². The molecule has 1 N–H and O–H groups in total. The number of para-hydroxylation sites is 1. The highest BCUT2D eigenvalue weighted by Crippen LogP contribution is 2.42. The molecule has 6 heteroatoms. The molecule has 1 aliphatic rings. The second-order valence-electron chi connectivity index (χ2n) is 5.71. The lowest BCUT2D eigenvalue weighted by atomic mass is 10.1. The van der Waals surface area contributed by atoms with Crippen LogP contribution in [0.15, 0.2) is 42.5 Å². The van der Waals surface area contributed by atoms with Gasteiger partial charge in [0.1, 0.15) is 0 Å². The highest BCUT2D eigenvalue weighted by Gasteiger charge is 2.19. The number of methoxy groups -OCH3 is 1. The number of pyridine rings is 1. The molecule has 0 bridgehead atoms. The van der Waals surface area contributed by atoms with E-state index >= 15 is 0 Å². The van der Waals surface area contributed by atoms with E-state index in [4.69, 9.17) is 14.2 Å². The van der Waals surface area contributed by atoms with Gasteiger partial charge >= 0.3 is 5.97 Å². The van der Waals surface area contributed by atoms with Crippen LogP contribution in [0.5, 0.6) is 17.2 Å². The second-order valence-corrected chi connectivity index (χ2v) is 5.71. The molecule has 1 aromatic heterocycles. The summed E-state index contributed by atoms with van der Waals surface area (Å²) in [6, 6.07) is 12.4. The second kappa shape index (κ2) is 6.40. The number of hydrogen-bond donors (Lipinski definition) is 1. The Labute approximate surface area is 149 Å². The van der Waals surface area contributed by atoms with E-state index in [-0.39, 0.29) is 12.4 Å². The molecule has 26 heavy (non-hydrogen) atoms. The fraction of sp³-hybridized carbons (Fsp3) is 0.100. The van der Waals surface area contributed by atoms with Crippen molar-refractivity contribution in [3.05, 3.63) is 59.3 Å². The van der Waals surface area contributed by atoms with Gasteiger partial charge in [-0.3, -0.25) is 0 Å². The first kappa shape index (κ1) is 16.0. The standard InChI is InChI=1S/C20H15NO5/c1-24-17-8-12(9-18-19(17)26-11-25-18)6-7-13-10-15(20(22)23)14-4-2-3-5-16(14)21-13/h2-10H,11H2,1H3,(H,22,23). The van der Waals surface area contributed by atoms with Crippen LogP contribution >= 0.6 is 0 Å². The van der Waals surface area contributed by atoms with E-state index in [1.54, 1.807) is 37.5 Å². The van der Waals surface area contributed by atoms with Crippen molar-refractivity contribution in [1.82, 2.24) is 4.98 Å². The molecular weight excluding hydrogens is 334 g/mol. The summed E-state index contributed by atoms with van der Waals surface area (Å²) in [5, 5.41) is 10.1. The van der Waals surface area contributed by atoms with Crippen LogP contribution in [0.25, 0.3) is 23.1 Å². The average molecular weight is 349 g/mol. The van der Waals surface area contributed by atoms with Crippen LogP contribution in [0.3, 0.4) is 0 Å². The summed E-state index contributed by atoms with van der Waals surface area (Å²) in [5.41, 5.74) is 2.24. The summed E-state index contributed by atoms with van der Waals surface area (Å²) >= 11 is 0. The molecule has 0 unspecified atom stereocenters. The molecule has 0 aliphatic carbocycles. The molecular formula is C20H15NO5. The molecule has 3 aromatic rings. The number of hydrogen-bond acceptors (Lipinski definition) is 5. The van der Waals surface area contributed by atoms with Gasteiger partial charge in [-0.25, -0.2) is 9.78 Å². The van der Waals surface area contributed by atoms with Crippen molar-refractivity contribution in [2.75, 3.05) is 13.9 Å². The molecule has 0 amide bonds. The topological polar surface area (TPSA) is 77.9 Å². The van der Waals surface area contributed by atoms with Gasteiger partial charge in [0.25, 0.3) is 0 Å². The Hall–Kier alpha value is -3.54. The highest BCUT2D eigenvalue weighted by molar-refractivity contribution is 6.03. The largest absolute Gasteiger partial charge is 0.493 e. The third-order valence-electron chi connectivity index (χ3n) is 4.09. The zero-order valence-corrected chi connectivity index (χ0v) is 13.9. The predicted octanol–water partition coefficient (Wildman–Crippen LogP) is 3.84. The molecule has 2 aromatic carbocycles. The molecule has 0 radical (unpaired) electrons. The Kier molecular flexibility index (Phi) is 3.93. The highest BCUT2D eigenvalue weighted by atomic mass is 16.7. The molecule has 0 saturated carbocycles. The van der Waals surface area contributed by atoms with Gasteiger partial charge in [-0.1, -0.05) is 24.3 Å². The van der Waals surface area contributed by atoms with Crippen molar-refractivity contribution in [3.63, 3.8) is 0 Å². The van der Waals surface area contributed by atoms with E-state index in [2.05, 4.69) is 4.98 Å². The Morgan fingerprint density at radius 1 is 1.19 bits per heavy atom. The maximum absolute atomic E-state index is 11.6. The molecule has 1 aliphatic heterocycles. The Morgan fingerprint density at radius 2 is 2.04 bits per heavy atom. The quantitative estimate of drug-likeness (QED) is 0.771. The number of aromatic carboxylic acids is 1. The first-order valence-electron chi connectivity index (χ1n) is 7.94. The number of fused-ring (bicyclic) bond motifs is 2. The average Bonchev–Trinajstić information content (AvgIpc) is 3.13. The van der Waals surface area contributed by atoms with Crippen molar-refractivity contribution in [3.8, 4) is 17.2 Å². The van der Waals surface area contributed by atoms with Crippen molar-refractivity contribution in [1.29, 1.82) is 0 Å². The molecule has 4 rings (SSSR count). The van der Waals surface area contributed by atoms with Crippen molar-refractivity contribution in [2.45, 2.75) is 0 Å². The molecule has 130 valence electrons. The normalized spacial score (nSPS) is 12.7. The molecule has 6 nitrogen and oxygen atoms in total. The first-order chi connectivity index (χ1) is 12.7. The molecule has 2 heterocycles. The number of nitrogens with zero attached hydrogens (tertiary/aromatic N) is 1. The molecule has 0 fully saturated rings. The van der Waals surface area contributed by atoms with Crippen molar-refractivity contribution in [2.24, 2.45) is 0 Å². The number of carboxylic acids is 1. The minimum Gasteiger partial charge on any atom is -0.493 e. The van der Waals surface area contributed by atoms with Gasteiger partial charge < -0.3 is 19.3 Å². The smallest absolute Gasteiger partial charge is 0.336 e. The van der Waals surface area contributed by atoms with Gasteiger partial charge in [0.05, 0.1) is 23.9 Å². The summed E-state index contributed by atoms with van der Waals surface area (Å²) in [6.07, 6.45) is 3.59. The van der Waals surface area contributed by atoms with E-state index < -0.39 is 5.97 Å². The lowest BCUT2D eigenvalue weighted by molar-refractivity contribution is 0.0699. The van der Waals surface area contributed by atoms with Gasteiger partial charge in [-0.2, -0.15) is 0 Å². The molecule has 0 spiro atoms. The Bertz CT molecular complexity index is 1040. The van der Waals surface area contributed by atoms with Crippen molar-refractivity contribution >= 4 is 29.0 Å². The predicted molar refractivity (Wildman–Crippen MR) is 96.7 cm³/mol. The van der Waals surface area contributed by atoms with E-state index in [9.17, 15) is 9.90 Å². The third kappa shape index (κ3) is 2.82. The summed E-state index contributed by atoms with van der Waals surface area (Å²) in [4.78, 5) is 16.1. The number of carbonyl (C=O) groups is 1. The van der Waals surface area contributed by atoms with Crippen LogP contribution in [0, 0.1) is 0 Å². The van der Waals surface area contributed by atoms with Crippen LogP contribution in [0.4, 0.5) is 0 Å². The summed E-state index contributed by atoms with van der Waals surface area (Å²) in [5.74, 6) is 0.795. The van der Waals surface area contributed by atoms with Crippen LogP contribution in [-0.2, 0) is 0 Å². The SMILES string of the molecule is COc1cc(C=Cc2cc(C(=O)O)c3ccccc3n2)cc2c1OCO2. The lowest BCUT2D eigenvalue weighted by Gasteiger charge is -2.06. The Morgan fingerprint density at radius 3 is 2.85 bits per heavy atom. The first-order valence-corrected chi connectivity index (χ1v) is 7.94. The summed E-state index contributed by atoms with van der Waals surface area (Å²) < 4.78 is 16.1. The van der Waals surface area contributed by atoms with Gasteiger partial charge in [0, 0.05) is 5.39 Å². The van der Waals surface area contributed by atoms with Crippen molar-refractivity contribution < 1.29 is 24.1 Å². The van der Waals surface area contributed by atoms with Crippen LogP contribution in [0.2, 0.25) is 0 Å². The number of ether oxygens (including phenoxy) is 3. The van der Waals surface area contributed by atoms with Gasteiger partial charge in [0.15, 0.2) is 11.5 Å². The number of aromatic nitrogens is 1. The van der Waals surface area contributed by atoms with E-state index in [1.807, 2.05) is 24.3 Å². The fourth-order valence-electron chi connectivity index (χ4n) is 2.89. The lowest BCUT2D eigenvalue weighted by Crippen LogP contribution is -2.00. The molecule has 0 saturated heterocycles. The number of carboxylic acid groups (broad SMARTS) is 1. The van der Waals surface area contributed by atoms with Gasteiger partial charge in [0.2, 0.25) is 12.5 Å². The Balaban J connectivity index is 1.75. The summed E-state index contributed by atoms with van der Waals surface area (Å²) in [6.45, 7) is 0.160. The van der Waals surface area contributed by atoms with E-state index in [1.165, 1.54) is 0 Å².